The highest BCUT2D eigenvalue weighted by molar-refractivity contribution is 6.07. The van der Waals surface area contributed by atoms with Crippen LogP contribution in [0.5, 0.6) is 0 Å². The number of hydrogen-bond acceptors (Lipinski definition) is 5. The maximum Gasteiger partial charge on any atom is 0.262 e. The van der Waals surface area contributed by atoms with E-state index >= 15 is 0 Å². The first-order chi connectivity index (χ1) is 10.1. The van der Waals surface area contributed by atoms with Gasteiger partial charge in [-0.05, 0) is 33.2 Å². The smallest absolute Gasteiger partial charge is 0.262 e. The van der Waals surface area contributed by atoms with Crippen LogP contribution < -0.4 is 5.06 Å². The van der Waals surface area contributed by atoms with Crippen molar-refractivity contribution in [1.29, 1.82) is 0 Å². The molecule has 0 unspecified atom stereocenters. The molecule has 0 bridgehead atoms. The van der Waals surface area contributed by atoms with E-state index in [-0.39, 0.29) is 18.0 Å². The highest BCUT2D eigenvalue weighted by Crippen LogP contribution is 2.39. The minimum atomic E-state index is -0.718. The standard InChI is InChI=1S/C15H19N3O3/c1-4-17-14(19)11-12(15(17)20)21-18(13(11)16(2)3)10-8-6-5-7-9-10/h5-9,11-13H,4H2,1-3H3/t11-,12-,13+/m1/s1. The van der Waals surface area contributed by atoms with Crippen LogP contribution in [0.2, 0.25) is 0 Å². The van der Waals surface area contributed by atoms with Gasteiger partial charge in [0.2, 0.25) is 5.91 Å². The maximum absolute atomic E-state index is 12.5. The van der Waals surface area contributed by atoms with Gasteiger partial charge in [0.15, 0.2) is 6.10 Å². The summed E-state index contributed by atoms with van der Waals surface area (Å²) in [5, 5.41) is 1.68. The molecule has 3 atom stereocenters. The Balaban J connectivity index is 1.98. The topological polar surface area (TPSA) is 53.1 Å². The molecule has 21 heavy (non-hydrogen) atoms. The Morgan fingerprint density at radius 1 is 1.14 bits per heavy atom. The van der Waals surface area contributed by atoms with Gasteiger partial charge >= 0.3 is 0 Å². The number of likely N-dealkylation sites (tertiary alicyclic amines) is 1. The quantitative estimate of drug-likeness (QED) is 0.767. The van der Waals surface area contributed by atoms with E-state index in [0.29, 0.717) is 6.54 Å². The van der Waals surface area contributed by atoms with Crippen molar-refractivity contribution in [3.05, 3.63) is 30.3 Å². The molecule has 112 valence electrons. The van der Waals surface area contributed by atoms with Crippen LogP contribution in [0.3, 0.4) is 0 Å². The predicted octanol–water partition coefficient (Wildman–Crippen LogP) is 0.699. The molecule has 6 nitrogen and oxygen atoms in total. The van der Waals surface area contributed by atoms with Crippen LogP contribution in [0, 0.1) is 5.92 Å². The molecule has 2 amide bonds. The molecule has 1 aromatic carbocycles. The Morgan fingerprint density at radius 3 is 2.38 bits per heavy atom. The molecule has 0 spiro atoms. The number of imide groups is 1. The van der Waals surface area contributed by atoms with Crippen molar-refractivity contribution in [2.45, 2.75) is 19.2 Å². The van der Waals surface area contributed by atoms with Crippen LogP contribution in [0.15, 0.2) is 30.3 Å². The molecule has 0 aliphatic carbocycles. The van der Waals surface area contributed by atoms with Crippen molar-refractivity contribution in [1.82, 2.24) is 9.80 Å². The molecule has 6 heteroatoms. The molecular formula is C15H19N3O3. The van der Waals surface area contributed by atoms with Crippen LogP contribution >= 0.6 is 0 Å². The summed E-state index contributed by atoms with van der Waals surface area (Å²) in [5.74, 6) is -0.866. The van der Waals surface area contributed by atoms with Crippen molar-refractivity contribution in [3.8, 4) is 0 Å². The van der Waals surface area contributed by atoms with Crippen LogP contribution in [0.25, 0.3) is 0 Å². The molecule has 2 aliphatic rings. The Morgan fingerprint density at radius 2 is 1.81 bits per heavy atom. The second kappa shape index (κ2) is 5.13. The van der Waals surface area contributed by atoms with Gasteiger partial charge in [0.25, 0.3) is 5.91 Å². The number of likely N-dealkylation sites (N-methyl/N-ethyl adjacent to an activating group) is 1. The molecule has 2 fully saturated rings. The van der Waals surface area contributed by atoms with Gasteiger partial charge in [-0.15, -0.1) is 0 Å². The van der Waals surface area contributed by atoms with Crippen molar-refractivity contribution in [2.24, 2.45) is 5.92 Å². The number of benzene rings is 1. The molecule has 2 heterocycles. The largest absolute Gasteiger partial charge is 0.287 e. The van der Waals surface area contributed by atoms with Crippen molar-refractivity contribution in [3.63, 3.8) is 0 Å². The summed E-state index contributed by atoms with van der Waals surface area (Å²) in [6, 6.07) is 9.54. The minimum absolute atomic E-state index is 0.148. The maximum atomic E-state index is 12.5. The highest BCUT2D eigenvalue weighted by atomic mass is 16.7. The third-order valence-electron chi connectivity index (χ3n) is 4.03. The summed E-state index contributed by atoms with van der Waals surface area (Å²) >= 11 is 0. The van der Waals surface area contributed by atoms with Crippen LogP contribution in [0.4, 0.5) is 5.69 Å². The second-order valence-electron chi connectivity index (χ2n) is 5.51. The van der Waals surface area contributed by atoms with Crippen LogP contribution in [-0.4, -0.2) is 54.5 Å². The van der Waals surface area contributed by atoms with Gasteiger partial charge in [0.1, 0.15) is 12.1 Å². The fourth-order valence-electron chi connectivity index (χ4n) is 3.08. The Labute approximate surface area is 123 Å². The van der Waals surface area contributed by atoms with E-state index in [1.807, 2.05) is 49.3 Å². The molecule has 0 aromatic heterocycles. The number of fused-ring (bicyclic) bond motifs is 1. The number of carbonyl (C=O) groups is 2. The Hall–Kier alpha value is -1.92. The summed E-state index contributed by atoms with van der Waals surface area (Å²) < 4.78 is 0. The van der Waals surface area contributed by atoms with E-state index in [0.717, 1.165) is 5.69 Å². The lowest BCUT2D eigenvalue weighted by atomic mass is 10.0. The normalized spacial score (nSPS) is 28.7. The summed E-state index contributed by atoms with van der Waals surface area (Å²) in [5.41, 5.74) is 0.842. The molecule has 0 radical (unpaired) electrons. The number of amides is 2. The van der Waals surface area contributed by atoms with E-state index in [1.165, 1.54) is 4.90 Å². The minimum Gasteiger partial charge on any atom is -0.287 e. The Bertz CT molecular complexity index is 561. The molecule has 1 aromatic rings. The third-order valence-corrected chi connectivity index (χ3v) is 4.03. The SMILES string of the molecule is CCN1C(=O)[C@@H]2[C@@H](ON(c3ccccc3)[C@@H]2N(C)C)C1=O. The zero-order valence-electron chi connectivity index (χ0n) is 12.4. The molecule has 2 saturated heterocycles. The van der Waals surface area contributed by atoms with Gasteiger partial charge < -0.3 is 0 Å². The van der Waals surface area contributed by atoms with Gasteiger partial charge in [-0.3, -0.25) is 24.2 Å². The number of anilines is 1. The molecule has 0 saturated carbocycles. The Kier molecular flexibility index (Phi) is 3.43. The van der Waals surface area contributed by atoms with Gasteiger partial charge in [-0.1, -0.05) is 18.2 Å². The summed E-state index contributed by atoms with van der Waals surface area (Å²) in [4.78, 5) is 33.8. The zero-order chi connectivity index (χ0) is 15.1. The monoisotopic (exact) mass is 289 g/mol. The predicted molar refractivity (Wildman–Crippen MR) is 77.2 cm³/mol. The van der Waals surface area contributed by atoms with Crippen molar-refractivity contribution < 1.29 is 14.4 Å². The first kappa shape index (κ1) is 14.0. The van der Waals surface area contributed by atoms with E-state index in [4.69, 9.17) is 4.84 Å². The zero-order valence-corrected chi connectivity index (χ0v) is 12.4. The lowest BCUT2D eigenvalue weighted by Gasteiger charge is -2.32. The molecule has 3 rings (SSSR count). The fraction of sp³-hybridized carbons (Fsp3) is 0.467. The molecule has 0 N–H and O–H groups in total. The number of rotatable bonds is 3. The number of para-hydroxylation sites is 1. The first-order valence-corrected chi connectivity index (χ1v) is 7.09. The van der Waals surface area contributed by atoms with Crippen LogP contribution in [-0.2, 0) is 14.4 Å². The summed E-state index contributed by atoms with van der Waals surface area (Å²) in [6.07, 6.45) is -1.00. The third kappa shape index (κ3) is 2.02. The summed E-state index contributed by atoms with van der Waals surface area (Å²) in [6.45, 7) is 2.19. The van der Waals surface area contributed by atoms with Crippen molar-refractivity contribution in [2.75, 3.05) is 25.7 Å². The lowest BCUT2D eigenvalue weighted by molar-refractivity contribution is -0.143. The number of hydrogen-bond donors (Lipinski definition) is 0. The lowest BCUT2D eigenvalue weighted by Crippen LogP contribution is -2.47. The highest BCUT2D eigenvalue weighted by Gasteiger charge is 2.59. The van der Waals surface area contributed by atoms with Gasteiger partial charge in [-0.2, -0.15) is 0 Å². The average Bonchev–Trinajstić information content (AvgIpc) is 2.98. The number of carbonyl (C=O) groups excluding carboxylic acids is 2. The number of hydroxylamine groups is 1. The summed E-state index contributed by atoms with van der Waals surface area (Å²) in [7, 11) is 3.78. The van der Waals surface area contributed by atoms with Crippen LogP contribution in [0.1, 0.15) is 6.92 Å². The average molecular weight is 289 g/mol. The van der Waals surface area contributed by atoms with Gasteiger partial charge in [0.05, 0.1) is 5.69 Å². The number of nitrogens with zero attached hydrogens (tertiary/aromatic N) is 3. The van der Waals surface area contributed by atoms with E-state index < -0.39 is 12.0 Å². The van der Waals surface area contributed by atoms with E-state index in [9.17, 15) is 9.59 Å². The van der Waals surface area contributed by atoms with Crippen molar-refractivity contribution >= 4 is 17.5 Å². The second-order valence-corrected chi connectivity index (χ2v) is 5.51. The molecular weight excluding hydrogens is 270 g/mol. The fourth-order valence-corrected chi connectivity index (χ4v) is 3.08. The molecule has 2 aliphatic heterocycles. The van der Waals surface area contributed by atoms with Gasteiger partial charge in [-0.25, -0.2) is 5.06 Å². The van der Waals surface area contributed by atoms with E-state index in [2.05, 4.69) is 0 Å². The first-order valence-electron chi connectivity index (χ1n) is 7.09. The van der Waals surface area contributed by atoms with E-state index in [1.54, 1.807) is 12.0 Å². The van der Waals surface area contributed by atoms with Gasteiger partial charge in [0, 0.05) is 6.54 Å².